The van der Waals surface area contributed by atoms with Crippen LogP contribution in [0.25, 0.3) is 0 Å². The second-order valence-electron chi connectivity index (χ2n) is 0.154. The fraction of sp³-hybridized carbons (Fsp3) is 0. The molecule has 0 nitrogen and oxygen atoms in total. The molecule has 0 heterocycles. The molecular formula is C2H3ClMg+2. The van der Waals surface area contributed by atoms with E-state index in [-0.39, 0.29) is 23.1 Å². The monoisotopic (exact) mass is 86.0 g/mol. The quantitative estimate of drug-likeness (QED) is 0.386. The van der Waals surface area contributed by atoms with Crippen molar-refractivity contribution in [2.24, 2.45) is 0 Å². The Hall–Kier alpha value is 0.796. The van der Waals surface area contributed by atoms with Crippen LogP contribution < -0.4 is 0 Å². The fourth-order valence-electron chi connectivity index (χ4n) is 0. The Morgan fingerprint density at radius 3 is 1.75 bits per heavy atom. The Bertz CT molecular complexity index is 13.5. The van der Waals surface area contributed by atoms with Gasteiger partial charge in [0.25, 0.3) is 0 Å². The van der Waals surface area contributed by atoms with Crippen LogP contribution in [0, 0.1) is 0 Å². The zero-order valence-corrected chi connectivity index (χ0v) is 4.54. The zero-order chi connectivity index (χ0) is 2.71. The van der Waals surface area contributed by atoms with Crippen LogP contribution in [0.15, 0.2) is 12.1 Å². The molecule has 0 unspecified atom stereocenters. The van der Waals surface area contributed by atoms with Gasteiger partial charge >= 0.3 is 23.1 Å². The molecule has 0 aliphatic heterocycles. The summed E-state index contributed by atoms with van der Waals surface area (Å²) in [5.41, 5.74) is 1.22. The van der Waals surface area contributed by atoms with E-state index in [4.69, 9.17) is 11.6 Å². The van der Waals surface area contributed by atoms with Gasteiger partial charge in [0.15, 0.2) is 0 Å². The third-order valence-corrected chi connectivity index (χ3v) is 0. The first-order chi connectivity index (χ1) is 1.41. The average Bonchev–Trinajstić information content (AvgIpc) is 0.918. The van der Waals surface area contributed by atoms with Gasteiger partial charge in [0.1, 0.15) is 0 Å². The SMILES string of the molecule is C=CCl.[Mg+2]. The van der Waals surface area contributed by atoms with Crippen molar-refractivity contribution in [2.75, 3.05) is 0 Å². The molecular weight excluding hydrogens is 83.8 g/mol. The van der Waals surface area contributed by atoms with E-state index in [2.05, 4.69) is 6.58 Å². The summed E-state index contributed by atoms with van der Waals surface area (Å²) in [6.45, 7) is 3.13. The second-order valence-corrected chi connectivity index (χ2v) is 0.463. The average molecular weight is 86.8 g/mol. The van der Waals surface area contributed by atoms with Gasteiger partial charge < -0.3 is 0 Å². The molecule has 0 aromatic heterocycles. The van der Waals surface area contributed by atoms with E-state index in [0.29, 0.717) is 0 Å². The van der Waals surface area contributed by atoms with Crippen molar-refractivity contribution in [1.29, 1.82) is 0 Å². The molecule has 18 valence electrons. The third-order valence-electron chi connectivity index (χ3n) is 0. The summed E-state index contributed by atoms with van der Waals surface area (Å²) in [5, 5.41) is 0. The number of rotatable bonds is 0. The van der Waals surface area contributed by atoms with Gasteiger partial charge in [-0.1, -0.05) is 18.2 Å². The Morgan fingerprint density at radius 1 is 1.75 bits per heavy atom. The van der Waals surface area contributed by atoms with Crippen LogP contribution in [-0.4, -0.2) is 23.1 Å². The summed E-state index contributed by atoms with van der Waals surface area (Å²) >= 11 is 4.76. The number of hydrogen-bond donors (Lipinski definition) is 0. The van der Waals surface area contributed by atoms with Crippen molar-refractivity contribution in [3.8, 4) is 0 Å². The molecule has 2 heteroatoms. The van der Waals surface area contributed by atoms with E-state index in [1.54, 1.807) is 0 Å². The van der Waals surface area contributed by atoms with Crippen molar-refractivity contribution in [3.63, 3.8) is 0 Å². The molecule has 0 bridgehead atoms. The van der Waals surface area contributed by atoms with Gasteiger partial charge in [0.05, 0.1) is 0 Å². The molecule has 0 aliphatic rings. The number of halogens is 1. The zero-order valence-electron chi connectivity index (χ0n) is 2.37. The molecule has 4 heavy (non-hydrogen) atoms. The van der Waals surface area contributed by atoms with Crippen molar-refractivity contribution < 1.29 is 0 Å². The van der Waals surface area contributed by atoms with Crippen LogP contribution in [0.4, 0.5) is 0 Å². The summed E-state index contributed by atoms with van der Waals surface area (Å²) in [5.74, 6) is 0. The minimum absolute atomic E-state index is 0. The second kappa shape index (κ2) is 9.20. The molecule has 0 aliphatic carbocycles. The Kier molecular flexibility index (Phi) is 20.3. The van der Waals surface area contributed by atoms with Gasteiger partial charge in [-0.15, -0.1) is 0 Å². The molecule has 0 aromatic carbocycles. The third kappa shape index (κ3) is 14.2. The molecule has 0 N–H and O–H groups in total. The van der Waals surface area contributed by atoms with Gasteiger partial charge in [-0.05, 0) is 5.54 Å². The van der Waals surface area contributed by atoms with Crippen LogP contribution >= 0.6 is 11.6 Å². The molecule has 0 radical (unpaired) electrons. The maximum absolute atomic E-state index is 4.76. The molecule has 0 aromatic rings. The largest absolute Gasteiger partial charge is 2.00 e. The first-order valence-corrected chi connectivity index (χ1v) is 1.06. The predicted octanol–water partition coefficient (Wildman–Crippen LogP) is 0.988. The van der Waals surface area contributed by atoms with E-state index in [1.165, 1.54) is 5.54 Å². The van der Waals surface area contributed by atoms with Crippen LogP contribution in [0.1, 0.15) is 0 Å². The fourth-order valence-corrected chi connectivity index (χ4v) is 0. The Balaban J connectivity index is 0. The summed E-state index contributed by atoms with van der Waals surface area (Å²) in [6.07, 6.45) is 0. The topological polar surface area (TPSA) is 0 Å². The molecule has 0 fully saturated rings. The summed E-state index contributed by atoms with van der Waals surface area (Å²) < 4.78 is 0. The van der Waals surface area contributed by atoms with Crippen LogP contribution in [-0.2, 0) is 0 Å². The van der Waals surface area contributed by atoms with Crippen molar-refractivity contribution in [2.45, 2.75) is 0 Å². The molecule has 0 rings (SSSR count). The normalized spacial score (nSPS) is 3.25. The molecule has 0 atom stereocenters. The molecule has 0 saturated carbocycles. The predicted molar refractivity (Wildman–Crippen MR) is 21.8 cm³/mol. The smallest absolute Gasteiger partial charge is 0.0936 e. The van der Waals surface area contributed by atoms with Gasteiger partial charge in [0, 0.05) is 0 Å². The van der Waals surface area contributed by atoms with Crippen LogP contribution in [0.5, 0.6) is 0 Å². The standard InChI is InChI=1S/C2H3Cl.Mg/c1-2-3;/h2H,1H2;/q;+2. The van der Waals surface area contributed by atoms with Gasteiger partial charge in [-0.3, -0.25) is 0 Å². The maximum atomic E-state index is 4.76. The Morgan fingerprint density at radius 2 is 1.75 bits per heavy atom. The van der Waals surface area contributed by atoms with Gasteiger partial charge in [-0.2, -0.15) is 0 Å². The van der Waals surface area contributed by atoms with E-state index < -0.39 is 0 Å². The van der Waals surface area contributed by atoms with Crippen LogP contribution in [0.3, 0.4) is 0 Å². The van der Waals surface area contributed by atoms with E-state index >= 15 is 0 Å². The van der Waals surface area contributed by atoms with Crippen LogP contribution in [0.2, 0.25) is 0 Å². The van der Waals surface area contributed by atoms with E-state index in [0.717, 1.165) is 0 Å². The number of hydrogen-bond acceptors (Lipinski definition) is 0. The van der Waals surface area contributed by atoms with Gasteiger partial charge in [-0.25, -0.2) is 0 Å². The van der Waals surface area contributed by atoms with Crippen molar-refractivity contribution in [3.05, 3.63) is 12.1 Å². The molecule has 0 saturated heterocycles. The first-order valence-electron chi connectivity index (χ1n) is 0.626. The summed E-state index contributed by atoms with van der Waals surface area (Å²) in [6, 6.07) is 0. The minimum atomic E-state index is 0. The molecule has 0 spiro atoms. The van der Waals surface area contributed by atoms with E-state index in [9.17, 15) is 0 Å². The Labute approximate surface area is 47.0 Å². The van der Waals surface area contributed by atoms with E-state index in [1.807, 2.05) is 0 Å². The minimum Gasteiger partial charge on any atom is -0.0936 e. The van der Waals surface area contributed by atoms with Gasteiger partial charge in [0.2, 0.25) is 0 Å². The van der Waals surface area contributed by atoms with Crippen molar-refractivity contribution >= 4 is 34.7 Å². The summed E-state index contributed by atoms with van der Waals surface area (Å²) in [4.78, 5) is 0. The first kappa shape index (κ1) is 8.84. The van der Waals surface area contributed by atoms with Crippen molar-refractivity contribution in [1.82, 2.24) is 0 Å². The maximum Gasteiger partial charge on any atom is 2.00 e. The molecule has 0 amide bonds. The summed E-state index contributed by atoms with van der Waals surface area (Å²) in [7, 11) is 0.